The van der Waals surface area contributed by atoms with E-state index in [0.717, 1.165) is 17.7 Å². The molecule has 0 bridgehead atoms. The number of carbonyl (C=O) groups is 1. The molecule has 20 heavy (non-hydrogen) atoms. The van der Waals surface area contributed by atoms with Crippen LogP contribution in [0.3, 0.4) is 0 Å². The number of hydrogen-bond donors (Lipinski definition) is 2. The SMILES string of the molecule is O=C(O)[NH+]1CCC(Sc2ccc([N+](=O)[O-])cc2)CC1.[Cl-]. The molecular formula is C12H15ClN2O4S. The molecule has 1 heterocycles. The van der Waals surface area contributed by atoms with Crippen molar-refractivity contribution >= 4 is 23.5 Å². The molecule has 110 valence electrons. The summed E-state index contributed by atoms with van der Waals surface area (Å²) < 4.78 is 0. The van der Waals surface area contributed by atoms with E-state index in [9.17, 15) is 14.9 Å². The number of nitro groups is 1. The number of carboxylic acid groups (broad SMARTS) is 1. The van der Waals surface area contributed by atoms with Crippen molar-refractivity contribution in [1.82, 2.24) is 0 Å². The van der Waals surface area contributed by atoms with E-state index in [0.29, 0.717) is 23.2 Å². The number of rotatable bonds is 3. The Labute approximate surface area is 126 Å². The van der Waals surface area contributed by atoms with E-state index >= 15 is 0 Å². The average molecular weight is 319 g/mol. The first-order valence-electron chi connectivity index (χ1n) is 6.05. The fourth-order valence-corrected chi connectivity index (χ4v) is 3.26. The van der Waals surface area contributed by atoms with Gasteiger partial charge in [-0.15, -0.1) is 11.8 Å². The predicted octanol–water partition coefficient (Wildman–Crippen LogP) is -1.58. The quantitative estimate of drug-likeness (QED) is 0.519. The zero-order valence-electron chi connectivity index (χ0n) is 10.6. The zero-order chi connectivity index (χ0) is 13.8. The van der Waals surface area contributed by atoms with Crippen LogP contribution in [0.25, 0.3) is 0 Å². The minimum Gasteiger partial charge on any atom is -1.00 e. The summed E-state index contributed by atoms with van der Waals surface area (Å²) in [7, 11) is 0. The lowest BCUT2D eigenvalue weighted by atomic mass is 10.1. The lowest BCUT2D eigenvalue weighted by molar-refractivity contribution is -0.828. The van der Waals surface area contributed by atoms with Crippen molar-refractivity contribution in [3.8, 4) is 0 Å². The average Bonchev–Trinajstić information content (AvgIpc) is 2.40. The molecule has 0 aliphatic carbocycles. The van der Waals surface area contributed by atoms with E-state index in [-0.39, 0.29) is 18.1 Å². The summed E-state index contributed by atoms with van der Waals surface area (Å²) in [6.45, 7) is 1.28. The van der Waals surface area contributed by atoms with E-state index in [1.54, 1.807) is 23.9 Å². The van der Waals surface area contributed by atoms with Gasteiger partial charge in [0.1, 0.15) is 0 Å². The third kappa shape index (κ3) is 4.36. The minimum atomic E-state index is -0.779. The Bertz CT molecular complexity index is 475. The van der Waals surface area contributed by atoms with Gasteiger partial charge in [-0.1, -0.05) is 0 Å². The Morgan fingerprint density at radius 2 is 1.85 bits per heavy atom. The number of halogens is 1. The van der Waals surface area contributed by atoms with Crippen LogP contribution in [0, 0.1) is 10.1 Å². The van der Waals surface area contributed by atoms with Gasteiger partial charge in [0.25, 0.3) is 5.69 Å². The van der Waals surface area contributed by atoms with Crippen LogP contribution in [0.15, 0.2) is 29.2 Å². The molecule has 1 fully saturated rings. The topological polar surface area (TPSA) is 84.9 Å². The van der Waals surface area contributed by atoms with Gasteiger partial charge >= 0.3 is 6.09 Å². The van der Waals surface area contributed by atoms with Crippen molar-refractivity contribution in [2.75, 3.05) is 13.1 Å². The van der Waals surface area contributed by atoms with Crippen molar-refractivity contribution in [1.29, 1.82) is 0 Å². The fraction of sp³-hybridized carbons (Fsp3) is 0.417. The van der Waals surface area contributed by atoms with Crippen LogP contribution < -0.4 is 17.3 Å². The van der Waals surface area contributed by atoms with Crippen molar-refractivity contribution in [3.63, 3.8) is 0 Å². The number of quaternary nitrogens is 1. The largest absolute Gasteiger partial charge is 1.00 e. The van der Waals surface area contributed by atoms with Gasteiger partial charge < -0.3 is 17.5 Å². The highest BCUT2D eigenvalue weighted by Gasteiger charge is 2.27. The highest BCUT2D eigenvalue weighted by atomic mass is 35.5. The second kappa shape index (κ2) is 7.47. The smallest absolute Gasteiger partial charge is 0.511 e. The molecule has 0 saturated carbocycles. The van der Waals surface area contributed by atoms with Crippen molar-refractivity contribution in [3.05, 3.63) is 34.4 Å². The first-order chi connectivity index (χ1) is 9.06. The number of piperidine rings is 1. The highest BCUT2D eigenvalue weighted by molar-refractivity contribution is 8.00. The Morgan fingerprint density at radius 3 is 2.30 bits per heavy atom. The van der Waals surface area contributed by atoms with Crippen LogP contribution in [0.5, 0.6) is 0 Å². The Balaban J connectivity index is 0.00000200. The molecule has 1 saturated heterocycles. The summed E-state index contributed by atoms with van der Waals surface area (Å²) >= 11 is 1.67. The normalized spacial score (nSPS) is 21.8. The standard InChI is InChI=1S/C12H14N2O4S.ClH/c15-12(16)13-7-5-11(6-8-13)19-10-3-1-9(2-4-10)14(17)18;/h1-4,11H,5-8H2,(H,15,16);1H. The van der Waals surface area contributed by atoms with Gasteiger partial charge in [-0.2, -0.15) is 4.79 Å². The maximum Gasteiger partial charge on any atom is 0.511 e. The molecule has 2 rings (SSSR count). The van der Waals surface area contributed by atoms with Crippen LogP contribution >= 0.6 is 11.8 Å². The Kier molecular flexibility index (Phi) is 6.25. The van der Waals surface area contributed by atoms with E-state index in [1.165, 1.54) is 12.1 Å². The van der Waals surface area contributed by atoms with Crippen LogP contribution in [0.4, 0.5) is 10.5 Å². The summed E-state index contributed by atoms with van der Waals surface area (Å²) in [4.78, 5) is 22.5. The fourth-order valence-electron chi connectivity index (χ4n) is 2.11. The van der Waals surface area contributed by atoms with Gasteiger partial charge in [-0.25, -0.2) is 4.90 Å². The van der Waals surface area contributed by atoms with Gasteiger partial charge in [0.2, 0.25) is 0 Å². The molecule has 0 aromatic heterocycles. The zero-order valence-corrected chi connectivity index (χ0v) is 12.2. The number of hydrogen-bond acceptors (Lipinski definition) is 4. The molecule has 1 aliphatic rings. The number of likely N-dealkylation sites (tertiary alicyclic amines) is 1. The summed E-state index contributed by atoms with van der Waals surface area (Å²) in [5.74, 6) is 0. The predicted molar refractivity (Wildman–Crippen MR) is 70.7 cm³/mol. The molecule has 0 unspecified atom stereocenters. The lowest BCUT2D eigenvalue weighted by Crippen LogP contribution is -3.15. The number of thioether (sulfide) groups is 1. The molecule has 0 radical (unpaired) electrons. The van der Waals surface area contributed by atoms with Gasteiger partial charge in [-0.3, -0.25) is 10.1 Å². The van der Waals surface area contributed by atoms with Crippen LogP contribution in [0.2, 0.25) is 0 Å². The molecule has 8 heteroatoms. The van der Waals surface area contributed by atoms with Gasteiger partial charge in [0, 0.05) is 35.1 Å². The van der Waals surface area contributed by atoms with Crippen molar-refractivity contribution in [2.24, 2.45) is 0 Å². The van der Waals surface area contributed by atoms with Gasteiger partial charge in [0.05, 0.1) is 18.0 Å². The van der Waals surface area contributed by atoms with Crippen LogP contribution in [-0.4, -0.2) is 34.5 Å². The minimum absolute atomic E-state index is 0. The molecular weight excluding hydrogens is 304 g/mol. The molecule has 6 nitrogen and oxygen atoms in total. The number of nitrogens with zero attached hydrogens (tertiary/aromatic N) is 1. The number of nitrogens with one attached hydrogen (secondary N) is 1. The first-order valence-corrected chi connectivity index (χ1v) is 6.93. The monoisotopic (exact) mass is 318 g/mol. The number of amides is 1. The van der Waals surface area contributed by atoms with Gasteiger partial charge in [-0.05, 0) is 12.1 Å². The lowest BCUT2D eigenvalue weighted by Gasteiger charge is -2.25. The third-order valence-electron chi connectivity index (χ3n) is 3.19. The van der Waals surface area contributed by atoms with E-state index in [1.807, 2.05) is 0 Å². The number of nitro benzene ring substituents is 1. The third-order valence-corrected chi connectivity index (χ3v) is 4.54. The summed E-state index contributed by atoms with van der Waals surface area (Å²) in [5.41, 5.74) is 0.0921. The molecule has 1 aromatic carbocycles. The van der Waals surface area contributed by atoms with Gasteiger partial charge in [0.15, 0.2) is 0 Å². The van der Waals surface area contributed by atoms with E-state index < -0.39 is 11.0 Å². The number of benzene rings is 1. The van der Waals surface area contributed by atoms with Crippen molar-refractivity contribution < 1.29 is 32.1 Å². The second-order valence-electron chi connectivity index (χ2n) is 4.48. The molecule has 1 aliphatic heterocycles. The first kappa shape index (κ1) is 16.7. The van der Waals surface area contributed by atoms with Crippen LogP contribution in [0.1, 0.15) is 12.8 Å². The Morgan fingerprint density at radius 1 is 1.30 bits per heavy atom. The Hall–Kier alpha value is -1.31. The van der Waals surface area contributed by atoms with Crippen LogP contribution in [-0.2, 0) is 0 Å². The number of non-ortho nitro benzene ring substituents is 1. The summed E-state index contributed by atoms with van der Waals surface area (Å²) in [6.07, 6.45) is 0.922. The molecule has 2 N–H and O–H groups in total. The molecule has 1 aromatic rings. The second-order valence-corrected chi connectivity index (χ2v) is 5.85. The van der Waals surface area contributed by atoms with E-state index in [2.05, 4.69) is 0 Å². The van der Waals surface area contributed by atoms with E-state index in [4.69, 9.17) is 5.11 Å². The molecule has 1 amide bonds. The maximum atomic E-state index is 10.8. The molecule has 0 spiro atoms. The highest BCUT2D eigenvalue weighted by Crippen LogP contribution is 2.29. The maximum absolute atomic E-state index is 10.8. The summed E-state index contributed by atoms with van der Waals surface area (Å²) in [5, 5.41) is 19.8. The summed E-state index contributed by atoms with van der Waals surface area (Å²) in [6, 6.07) is 6.50. The van der Waals surface area contributed by atoms with Crippen molar-refractivity contribution in [2.45, 2.75) is 23.0 Å². The molecule has 0 atom stereocenters.